The molecule has 1 aromatic heterocycles. The Balaban J connectivity index is 1.48. The first kappa shape index (κ1) is 12.7. The number of rotatable bonds is 3. The lowest BCUT2D eigenvalue weighted by Crippen LogP contribution is -2.50. The largest absolute Gasteiger partial charge is 0.331 e. The van der Waals surface area contributed by atoms with E-state index in [1.807, 2.05) is 0 Å². The zero-order valence-electron chi connectivity index (χ0n) is 13.1. The third kappa shape index (κ3) is 1.79. The second kappa shape index (κ2) is 4.34. The standard InChI is InChI=1S/C18H27N3/c1-12(21-11-20-10-17(21)16-8-19-9-16)18-5-13-2-14(6-18)4-15(3-13)7-18/h10-16,19H,2-9H2,1H3. The molecule has 4 aliphatic carbocycles. The zero-order valence-corrected chi connectivity index (χ0v) is 13.1. The molecule has 1 atom stereocenters. The van der Waals surface area contributed by atoms with Gasteiger partial charge in [0, 0.05) is 36.9 Å². The second-order valence-electron chi connectivity index (χ2n) is 8.54. The van der Waals surface area contributed by atoms with Gasteiger partial charge in [-0.05, 0) is 68.6 Å². The Labute approximate surface area is 127 Å². The van der Waals surface area contributed by atoms with Gasteiger partial charge in [-0.3, -0.25) is 0 Å². The summed E-state index contributed by atoms with van der Waals surface area (Å²) in [5.41, 5.74) is 2.07. The molecule has 4 bridgehead atoms. The van der Waals surface area contributed by atoms with Gasteiger partial charge in [0.25, 0.3) is 0 Å². The Bertz CT molecular complexity index is 507. The highest BCUT2D eigenvalue weighted by molar-refractivity contribution is 5.15. The van der Waals surface area contributed by atoms with Crippen molar-refractivity contribution >= 4 is 0 Å². The molecule has 1 saturated heterocycles. The third-order valence-corrected chi connectivity index (χ3v) is 7.28. The van der Waals surface area contributed by atoms with Gasteiger partial charge in [-0.15, -0.1) is 0 Å². The Morgan fingerprint density at radius 2 is 1.76 bits per heavy atom. The normalized spacial score (nSPS) is 43.0. The summed E-state index contributed by atoms with van der Waals surface area (Å²) in [6.45, 7) is 4.77. The molecule has 1 unspecified atom stereocenters. The summed E-state index contributed by atoms with van der Waals surface area (Å²) in [6, 6.07) is 0.643. The lowest BCUT2D eigenvalue weighted by atomic mass is 9.48. The van der Waals surface area contributed by atoms with Crippen LogP contribution in [0.1, 0.15) is 63.1 Å². The van der Waals surface area contributed by atoms with E-state index < -0.39 is 0 Å². The molecule has 1 aromatic rings. The number of imidazole rings is 1. The molecule has 5 aliphatic rings. The van der Waals surface area contributed by atoms with Crippen LogP contribution < -0.4 is 5.32 Å². The molecule has 1 N–H and O–H groups in total. The molecule has 6 rings (SSSR count). The van der Waals surface area contributed by atoms with Crippen molar-refractivity contribution in [2.75, 3.05) is 13.1 Å². The molecule has 4 saturated carbocycles. The van der Waals surface area contributed by atoms with Crippen molar-refractivity contribution in [1.29, 1.82) is 0 Å². The summed E-state index contributed by atoms with van der Waals surface area (Å²) in [5, 5.41) is 3.41. The van der Waals surface area contributed by atoms with Crippen LogP contribution in [0.25, 0.3) is 0 Å². The van der Waals surface area contributed by atoms with E-state index in [2.05, 4.69) is 34.3 Å². The number of hydrogen-bond donors (Lipinski definition) is 1. The van der Waals surface area contributed by atoms with Crippen LogP contribution >= 0.6 is 0 Å². The van der Waals surface area contributed by atoms with Gasteiger partial charge in [0.1, 0.15) is 0 Å². The number of aromatic nitrogens is 2. The first-order valence-electron chi connectivity index (χ1n) is 8.96. The smallest absolute Gasteiger partial charge is 0.0950 e. The topological polar surface area (TPSA) is 29.9 Å². The maximum atomic E-state index is 4.51. The first-order chi connectivity index (χ1) is 10.2. The molecule has 0 amide bonds. The minimum Gasteiger partial charge on any atom is -0.331 e. The van der Waals surface area contributed by atoms with E-state index in [1.54, 1.807) is 0 Å². The highest BCUT2D eigenvalue weighted by Gasteiger charge is 2.53. The molecule has 0 radical (unpaired) electrons. The molecule has 5 fully saturated rings. The van der Waals surface area contributed by atoms with E-state index in [1.165, 1.54) is 44.2 Å². The van der Waals surface area contributed by atoms with E-state index in [0.29, 0.717) is 17.4 Å². The molecule has 21 heavy (non-hydrogen) atoms. The SMILES string of the molecule is CC(n1cncc1C1CNC1)C12CC3CC(CC(C3)C1)C2. The molecule has 3 heteroatoms. The van der Waals surface area contributed by atoms with Crippen molar-refractivity contribution in [2.45, 2.75) is 57.4 Å². The van der Waals surface area contributed by atoms with Crippen molar-refractivity contribution in [3.05, 3.63) is 18.2 Å². The lowest BCUT2D eigenvalue weighted by Gasteiger charge is -2.59. The van der Waals surface area contributed by atoms with Crippen LogP contribution in [0, 0.1) is 23.2 Å². The lowest BCUT2D eigenvalue weighted by molar-refractivity contribution is -0.0794. The molecule has 0 aromatic carbocycles. The van der Waals surface area contributed by atoms with Crippen LogP contribution in [0.2, 0.25) is 0 Å². The average Bonchev–Trinajstić information content (AvgIpc) is 2.83. The van der Waals surface area contributed by atoms with E-state index >= 15 is 0 Å². The fourth-order valence-corrected chi connectivity index (χ4v) is 6.44. The van der Waals surface area contributed by atoms with Crippen LogP contribution in [0.15, 0.2) is 12.5 Å². The van der Waals surface area contributed by atoms with Gasteiger partial charge in [-0.1, -0.05) is 0 Å². The van der Waals surface area contributed by atoms with E-state index in [4.69, 9.17) is 0 Å². The summed E-state index contributed by atoms with van der Waals surface area (Å²) in [7, 11) is 0. The predicted octanol–water partition coefficient (Wildman–Crippen LogP) is 3.35. The molecular weight excluding hydrogens is 258 g/mol. The maximum Gasteiger partial charge on any atom is 0.0950 e. The molecule has 114 valence electrons. The van der Waals surface area contributed by atoms with E-state index in [0.717, 1.165) is 30.8 Å². The van der Waals surface area contributed by atoms with Crippen molar-refractivity contribution in [2.24, 2.45) is 23.2 Å². The number of hydrogen-bond acceptors (Lipinski definition) is 2. The Morgan fingerprint density at radius 1 is 1.14 bits per heavy atom. The Morgan fingerprint density at radius 3 is 2.29 bits per heavy atom. The molecule has 0 spiro atoms. The van der Waals surface area contributed by atoms with Crippen LogP contribution in [-0.4, -0.2) is 22.6 Å². The summed E-state index contributed by atoms with van der Waals surface area (Å²) in [6.07, 6.45) is 13.3. The highest BCUT2D eigenvalue weighted by atomic mass is 15.1. The molecular formula is C18H27N3. The fraction of sp³-hybridized carbons (Fsp3) is 0.833. The van der Waals surface area contributed by atoms with Crippen LogP contribution in [-0.2, 0) is 0 Å². The predicted molar refractivity (Wildman–Crippen MR) is 83.2 cm³/mol. The second-order valence-corrected chi connectivity index (χ2v) is 8.54. The summed E-state index contributed by atoms with van der Waals surface area (Å²) in [5.74, 6) is 3.81. The van der Waals surface area contributed by atoms with Crippen molar-refractivity contribution < 1.29 is 0 Å². The quantitative estimate of drug-likeness (QED) is 0.923. The monoisotopic (exact) mass is 285 g/mol. The van der Waals surface area contributed by atoms with Crippen molar-refractivity contribution in [3.8, 4) is 0 Å². The summed E-state index contributed by atoms with van der Waals surface area (Å²) in [4.78, 5) is 4.51. The zero-order chi connectivity index (χ0) is 14.0. The Hall–Kier alpha value is -0.830. The molecule has 2 heterocycles. The maximum absolute atomic E-state index is 4.51. The number of nitrogens with one attached hydrogen (secondary N) is 1. The molecule has 1 aliphatic heterocycles. The van der Waals surface area contributed by atoms with Gasteiger partial charge in [0.05, 0.1) is 6.33 Å². The van der Waals surface area contributed by atoms with Gasteiger partial charge in [-0.25, -0.2) is 4.98 Å². The highest BCUT2D eigenvalue weighted by Crippen LogP contribution is 2.63. The van der Waals surface area contributed by atoms with Gasteiger partial charge >= 0.3 is 0 Å². The van der Waals surface area contributed by atoms with Gasteiger partial charge in [0.15, 0.2) is 0 Å². The minimum atomic E-state index is 0.585. The number of nitrogens with zero attached hydrogens (tertiary/aromatic N) is 2. The van der Waals surface area contributed by atoms with E-state index in [-0.39, 0.29) is 0 Å². The van der Waals surface area contributed by atoms with Gasteiger partial charge in [-0.2, -0.15) is 0 Å². The summed E-state index contributed by atoms with van der Waals surface area (Å²) >= 11 is 0. The van der Waals surface area contributed by atoms with E-state index in [9.17, 15) is 0 Å². The van der Waals surface area contributed by atoms with Gasteiger partial charge in [0.2, 0.25) is 0 Å². The minimum absolute atomic E-state index is 0.585. The third-order valence-electron chi connectivity index (χ3n) is 7.28. The van der Waals surface area contributed by atoms with Crippen molar-refractivity contribution in [3.63, 3.8) is 0 Å². The van der Waals surface area contributed by atoms with Crippen LogP contribution in [0.5, 0.6) is 0 Å². The van der Waals surface area contributed by atoms with Crippen LogP contribution in [0.3, 0.4) is 0 Å². The average molecular weight is 285 g/mol. The fourth-order valence-electron chi connectivity index (χ4n) is 6.44. The summed E-state index contributed by atoms with van der Waals surface area (Å²) < 4.78 is 2.55. The van der Waals surface area contributed by atoms with Crippen molar-refractivity contribution in [1.82, 2.24) is 14.9 Å². The van der Waals surface area contributed by atoms with Crippen LogP contribution in [0.4, 0.5) is 0 Å². The first-order valence-corrected chi connectivity index (χ1v) is 8.96. The van der Waals surface area contributed by atoms with Gasteiger partial charge < -0.3 is 9.88 Å². The Kier molecular flexibility index (Phi) is 2.62. The molecule has 3 nitrogen and oxygen atoms in total.